The second-order valence-corrected chi connectivity index (χ2v) is 4.07. The van der Waals surface area contributed by atoms with Crippen LogP contribution in [0.25, 0.3) is 0 Å². The highest BCUT2D eigenvalue weighted by Crippen LogP contribution is 2.08. The highest BCUT2D eigenvalue weighted by atomic mass is 35.5. The van der Waals surface area contributed by atoms with Gasteiger partial charge in [-0.05, 0) is 12.8 Å². The molecule has 1 atom stereocenters. The van der Waals surface area contributed by atoms with Gasteiger partial charge < -0.3 is 10.3 Å². The minimum Gasteiger partial charge on any atom is -0.320 e. The lowest BCUT2D eigenvalue weighted by atomic mass is 10.2. The van der Waals surface area contributed by atoms with Gasteiger partial charge in [0.2, 0.25) is 11.9 Å². The third-order valence-electron chi connectivity index (χ3n) is 1.93. The summed E-state index contributed by atoms with van der Waals surface area (Å²) in [7, 11) is 0. The van der Waals surface area contributed by atoms with E-state index < -0.39 is 6.04 Å². The van der Waals surface area contributed by atoms with E-state index >= 15 is 0 Å². The Bertz CT molecular complexity index is 335. The van der Waals surface area contributed by atoms with E-state index in [1.54, 1.807) is 13.1 Å². The number of amides is 1. The van der Waals surface area contributed by atoms with Crippen LogP contribution in [-0.2, 0) is 11.3 Å². The molecule has 0 spiro atoms. The zero-order valence-corrected chi connectivity index (χ0v) is 10.6. The maximum absolute atomic E-state index is 11.4. The number of nitrogens with two attached hydrogens (primary N) is 1. The van der Waals surface area contributed by atoms with Gasteiger partial charge in [0.1, 0.15) is 0 Å². The van der Waals surface area contributed by atoms with Gasteiger partial charge in [0, 0.05) is 18.9 Å². The van der Waals surface area contributed by atoms with Crippen molar-refractivity contribution < 1.29 is 4.79 Å². The Kier molecular flexibility index (Phi) is 6.06. The summed E-state index contributed by atoms with van der Waals surface area (Å²) in [6, 6.07) is -0.519. The number of hydrogen-bond acceptors (Lipinski definition) is 3. The topological polar surface area (TPSA) is 72.9 Å². The lowest BCUT2D eigenvalue weighted by molar-refractivity contribution is -0.117. The van der Waals surface area contributed by atoms with Gasteiger partial charge in [-0.1, -0.05) is 13.8 Å². The van der Waals surface area contributed by atoms with Gasteiger partial charge in [-0.15, -0.1) is 12.4 Å². The van der Waals surface area contributed by atoms with Crippen LogP contribution in [0.15, 0.2) is 12.4 Å². The first-order chi connectivity index (χ1) is 7.00. The Morgan fingerprint density at radius 3 is 2.69 bits per heavy atom. The van der Waals surface area contributed by atoms with E-state index in [1.807, 2.05) is 10.8 Å². The van der Waals surface area contributed by atoms with E-state index in [0.717, 1.165) is 6.54 Å². The summed E-state index contributed by atoms with van der Waals surface area (Å²) in [5, 5.41) is 2.68. The molecule has 0 saturated heterocycles. The third kappa shape index (κ3) is 4.20. The molecule has 0 unspecified atom stereocenters. The van der Waals surface area contributed by atoms with Gasteiger partial charge in [-0.2, -0.15) is 0 Å². The van der Waals surface area contributed by atoms with Gasteiger partial charge in [0.05, 0.1) is 6.04 Å². The predicted octanol–water partition coefficient (Wildman–Crippen LogP) is 1.25. The summed E-state index contributed by atoms with van der Waals surface area (Å²) < 4.78 is 1.91. The SMILES string of the molecule is CC(C)Cn1ccnc1NC(=O)[C@H](C)N.Cl. The minimum atomic E-state index is -0.519. The Morgan fingerprint density at radius 2 is 2.19 bits per heavy atom. The summed E-state index contributed by atoms with van der Waals surface area (Å²) >= 11 is 0. The predicted molar refractivity (Wildman–Crippen MR) is 66.6 cm³/mol. The van der Waals surface area contributed by atoms with Gasteiger partial charge in [-0.3, -0.25) is 10.1 Å². The molecule has 0 fully saturated rings. The Labute approximate surface area is 102 Å². The molecule has 1 aromatic rings. The molecular formula is C10H19ClN4O. The zero-order valence-electron chi connectivity index (χ0n) is 9.80. The standard InChI is InChI=1S/C10H18N4O.ClH/c1-7(2)6-14-5-4-12-10(14)13-9(15)8(3)11;/h4-5,7-8H,6,11H2,1-3H3,(H,12,13,15);1H/t8-;/m0./s1. The Morgan fingerprint density at radius 1 is 1.56 bits per heavy atom. The first-order valence-corrected chi connectivity index (χ1v) is 5.08. The summed E-state index contributed by atoms with van der Waals surface area (Å²) in [6.07, 6.45) is 3.51. The summed E-state index contributed by atoms with van der Waals surface area (Å²) in [5.41, 5.74) is 5.45. The molecule has 0 saturated carbocycles. The van der Waals surface area contributed by atoms with Crippen molar-refractivity contribution >= 4 is 24.3 Å². The van der Waals surface area contributed by atoms with Crippen LogP contribution in [0.1, 0.15) is 20.8 Å². The van der Waals surface area contributed by atoms with E-state index in [9.17, 15) is 4.79 Å². The number of halogens is 1. The lowest BCUT2D eigenvalue weighted by Crippen LogP contribution is -2.33. The van der Waals surface area contributed by atoms with Crippen LogP contribution in [0.2, 0.25) is 0 Å². The fourth-order valence-electron chi connectivity index (χ4n) is 1.20. The van der Waals surface area contributed by atoms with Crippen molar-refractivity contribution in [3.05, 3.63) is 12.4 Å². The minimum absolute atomic E-state index is 0. The molecule has 0 aliphatic rings. The van der Waals surface area contributed by atoms with E-state index in [1.165, 1.54) is 0 Å². The van der Waals surface area contributed by atoms with Crippen LogP contribution >= 0.6 is 12.4 Å². The molecule has 6 heteroatoms. The lowest BCUT2D eigenvalue weighted by Gasteiger charge is -2.11. The van der Waals surface area contributed by atoms with Gasteiger partial charge in [-0.25, -0.2) is 4.98 Å². The number of anilines is 1. The fraction of sp³-hybridized carbons (Fsp3) is 0.600. The maximum atomic E-state index is 11.4. The Balaban J connectivity index is 0.00000225. The summed E-state index contributed by atoms with van der Waals surface area (Å²) in [6.45, 7) is 6.69. The molecule has 0 aliphatic heterocycles. The molecule has 0 radical (unpaired) electrons. The van der Waals surface area contributed by atoms with Crippen molar-refractivity contribution in [1.29, 1.82) is 0 Å². The maximum Gasteiger partial charge on any atom is 0.243 e. The van der Waals surface area contributed by atoms with E-state index in [-0.39, 0.29) is 18.3 Å². The molecular weight excluding hydrogens is 228 g/mol. The largest absolute Gasteiger partial charge is 0.320 e. The van der Waals surface area contributed by atoms with E-state index in [4.69, 9.17) is 5.73 Å². The molecule has 16 heavy (non-hydrogen) atoms. The molecule has 0 bridgehead atoms. The van der Waals surface area contributed by atoms with Crippen molar-refractivity contribution in [2.75, 3.05) is 5.32 Å². The van der Waals surface area contributed by atoms with E-state index in [2.05, 4.69) is 24.1 Å². The molecule has 0 aromatic carbocycles. The smallest absolute Gasteiger partial charge is 0.243 e. The number of carbonyl (C=O) groups is 1. The highest BCUT2D eigenvalue weighted by molar-refractivity contribution is 5.92. The van der Waals surface area contributed by atoms with Crippen LogP contribution in [0.5, 0.6) is 0 Å². The molecule has 0 aliphatic carbocycles. The van der Waals surface area contributed by atoms with Crippen LogP contribution in [0.3, 0.4) is 0 Å². The first-order valence-electron chi connectivity index (χ1n) is 5.08. The number of aromatic nitrogens is 2. The van der Waals surface area contributed by atoms with Crippen LogP contribution in [0.4, 0.5) is 5.95 Å². The second-order valence-electron chi connectivity index (χ2n) is 4.07. The van der Waals surface area contributed by atoms with Gasteiger partial charge in [0.15, 0.2) is 0 Å². The molecule has 1 rings (SSSR count). The van der Waals surface area contributed by atoms with Crippen LogP contribution in [0, 0.1) is 5.92 Å². The number of hydrogen-bond donors (Lipinski definition) is 2. The molecule has 5 nitrogen and oxygen atoms in total. The zero-order chi connectivity index (χ0) is 11.4. The third-order valence-corrected chi connectivity index (χ3v) is 1.93. The van der Waals surface area contributed by atoms with Crippen molar-refractivity contribution in [2.24, 2.45) is 11.7 Å². The van der Waals surface area contributed by atoms with Gasteiger partial charge >= 0.3 is 0 Å². The monoisotopic (exact) mass is 246 g/mol. The van der Waals surface area contributed by atoms with Crippen LogP contribution in [-0.4, -0.2) is 21.5 Å². The normalized spacial score (nSPS) is 12.1. The molecule has 1 heterocycles. The molecule has 1 aromatic heterocycles. The Hall–Kier alpha value is -1.07. The average Bonchev–Trinajstić information content (AvgIpc) is 2.51. The van der Waals surface area contributed by atoms with Crippen molar-refractivity contribution in [1.82, 2.24) is 9.55 Å². The van der Waals surface area contributed by atoms with E-state index in [0.29, 0.717) is 11.9 Å². The second kappa shape index (κ2) is 6.50. The molecule has 1 amide bonds. The van der Waals surface area contributed by atoms with Gasteiger partial charge in [0.25, 0.3) is 0 Å². The number of nitrogens with one attached hydrogen (secondary N) is 1. The number of rotatable bonds is 4. The number of nitrogens with zero attached hydrogens (tertiary/aromatic N) is 2. The number of carbonyl (C=O) groups excluding carboxylic acids is 1. The first kappa shape index (κ1) is 14.9. The van der Waals surface area contributed by atoms with Crippen LogP contribution < -0.4 is 11.1 Å². The van der Waals surface area contributed by atoms with Crippen molar-refractivity contribution in [3.8, 4) is 0 Å². The molecule has 92 valence electrons. The number of imidazole rings is 1. The fourth-order valence-corrected chi connectivity index (χ4v) is 1.20. The summed E-state index contributed by atoms with van der Waals surface area (Å²) in [5.74, 6) is 0.849. The average molecular weight is 247 g/mol. The highest BCUT2D eigenvalue weighted by Gasteiger charge is 2.11. The quantitative estimate of drug-likeness (QED) is 0.840. The molecule has 3 N–H and O–H groups in total. The van der Waals surface area contributed by atoms with Crippen molar-refractivity contribution in [3.63, 3.8) is 0 Å². The summed E-state index contributed by atoms with van der Waals surface area (Å²) in [4.78, 5) is 15.4. The van der Waals surface area contributed by atoms with Crippen molar-refractivity contribution in [2.45, 2.75) is 33.4 Å².